The lowest BCUT2D eigenvalue weighted by atomic mass is 9.56. The van der Waals surface area contributed by atoms with Crippen LogP contribution in [0, 0.1) is 0 Å². The van der Waals surface area contributed by atoms with Crippen LogP contribution >= 0.6 is 0 Å². The van der Waals surface area contributed by atoms with Crippen molar-refractivity contribution < 1.29 is 0 Å². The van der Waals surface area contributed by atoms with Crippen molar-refractivity contribution >= 4 is 403 Å². The standard InChI is InChI=1S/C42H55B27N2/c43-3-1-2(11(44)7-9-18(51)22(55)26(59)33(66)39(9)70(37(3)7)42-35(68)28(61)25(58)29(62)36(42)69)4-12(45)8-10-19(52)23(56)27(60)34(67)40(10)71(38(8)30(63)13(4)46)41-31(64)16(49)6(17(50)32(41)65)5-14(47)20(53)24(57)21(54)15(5)48/h1H,43-69H2. The summed E-state index contributed by atoms with van der Waals surface area (Å²) in [6.07, 6.45) is 0. The Hall–Kier alpha value is -4.11. The van der Waals surface area contributed by atoms with E-state index in [1.54, 1.807) is 0 Å². The first kappa shape index (κ1) is 51.8. The van der Waals surface area contributed by atoms with Gasteiger partial charge < -0.3 is 9.13 Å². The molecule has 0 unspecified atom stereocenters. The fraction of sp³-hybridized carbons (Fsp3) is 0. The Morgan fingerprint density at radius 1 is 0.197 bits per heavy atom. The van der Waals surface area contributed by atoms with Gasteiger partial charge in [0.15, 0.2) is 0 Å². The molecule has 0 aliphatic rings. The molecule has 0 fully saturated rings. The van der Waals surface area contributed by atoms with E-state index in [0.717, 1.165) is 0 Å². The third-order valence-corrected chi connectivity index (χ3v) is 20.2. The van der Waals surface area contributed by atoms with Gasteiger partial charge in [-0.1, -0.05) is 121 Å². The fourth-order valence-corrected chi connectivity index (χ4v) is 14.0. The van der Waals surface area contributed by atoms with Gasteiger partial charge in [-0.3, -0.25) is 0 Å². The van der Waals surface area contributed by atoms with Gasteiger partial charge in [-0.15, -0.1) is 32.8 Å². The second kappa shape index (κ2) is 17.5. The van der Waals surface area contributed by atoms with Crippen LogP contribution in [0.2, 0.25) is 0 Å². The van der Waals surface area contributed by atoms with E-state index >= 15 is 0 Å². The zero-order valence-electron chi connectivity index (χ0n) is 49.0. The van der Waals surface area contributed by atoms with E-state index in [-0.39, 0.29) is 0 Å². The van der Waals surface area contributed by atoms with Crippen molar-refractivity contribution in [3.05, 3.63) is 6.07 Å². The maximum Gasteiger partial charge on any atom is 0.142 e. The predicted octanol–water partition coefficient (Wildman–Crippen LogP) is -35.8. The third-order valence-electron chi connectivity index (χ3n) is 20.2. The molecule has 0 aliphatic heterocycles. The molecule has 7 aromatic carbocycles. The topological polar surface area (TPSA) is 9.86 Å². The number of hydrogen-bond acceptors (Lipinski definition) is 0. The average molecular weight is 880 g/mol. The quantitative estimate of drug-likeness (QED) is 0.156. The first-order valence-corrected chi connectivity index (χ1v) is 26.4. The number of hydrogen-bond donors (Lipinski definition) is 0. The maximum atomic E-state index is 2.74. The third kappa shape index (κ3) is 6.73. The number of aromatic nitrogens is 2. The Morgan fingerprint density at radius 2 is 0.437 bits per heavy atom. The highest BCUT2D eigenvalue weighted by Gasteiger charge is 2.31. The van der Waals surface area contributed by atoms with Crippen molar-refractivity contribution in [1.82, 2.24) is 9.13 Å². The number of rotatable bonds is 4. The number of fused-ring (bicyclic) bond motifs is 6. The zero-order valence-corrected chi connectivity index (χ0v) is 49.0. The van der Waals surface area contributed by atoms with Crippen LogP contribution in [-0.2, 0) is 0 Å². The smallest absolute Gasteiger partial charge is 0.142 e. The Labute approximate surface area is 448 Å². The van der Waals surface area contributed by atoms with Gasteiger partial charge in [-0.05, 0) is 33.0 Å². The predicted molar refractivity (Wildman–Crippen MR) is 407 cm³/mol. The van der Waals surface area contributed by atoms with E-state index in [0.29, 0.717) is 0 Å². The highest BCUT2D eigenvalue weighted by molar-refractivity contribution is 6.75. The van der Waals surface area contributed by atoms with E-state index in [4.69, 9.17) is 0 Å². The summed E-state index contributed by atoms with van der Waals surface area (Å²) in [5, 5.41) is 5.60. The molecule has 0 bridgehead atoms. The summed E-state index contributed by atoms with van der Waals surface area (Å²) >= 11 is 0. The summed E-state index contributed by atoms with van der Waals surface area (Å²) in [5.41, 5.74) is 51.0. The molecule has 0 N–H and O–H groups in total. The summed E-state index contributed by atoms with van der Waals surface area (Å²) in [6, 6.07) is 2.56. The Balaban J connectivity index is 1.46. The molecule has 0 spiro atoms. The summed E-state index contributed by atoms with van der Waals surface area (Å²) in [6.45, 7) is 0. The highest BCUT2D eigenvalue weighted by atomic mass is 15.0. The van der Waals surface area contributed by atoms with E-state index in [9.17, 15) is 0 Å². The van der Waals surface area contributed by atoms with Gasteiger partial charge in [-0.25, -0.2) is 0 Å². The van der Waals surface area contributed by atoms with E-state index in [1.165, 1.54) is 225 Å². The minimum Gasteiger partial charge on any atom is -0.312 e. The first-order valence-electron chi connectivity index (χ1n) is 26.4. The van der Waals surface area contributed by atoms with Crippen molar-refractivity contribution in [2.75, 3.05) is 0 Å². The molecular weight excluding hydrogens is 824 g/mol. The van der Waals surface area contributed by atoms with Crippen molar-refractivity contribution in [3.63, 3.8) is 0 Å². The summed E-state index contributed by atoms with van der Waals surface area (Å²) in [5.74, 6) is 0. The van der Waals surface area contributed by atoms with Gasteiger partial charge in [0, 0.05) is 44.2 Å². The Morgan fingerprint density at radius 3 is 0.831 bits per heavy atom. The van der Waals surface area contributed by atoms with E-state index in [1.807, 2.05) is 0 Å². The molecule has 9 aromatic rings. The van der Waals surface area contributed by atoms with Crippen LogP contribution in [-0.4, -0.2) is 221 Å². The van der Waals surface area contributed by atoms with Crippen molar-refractivity contribution in [2.24, 2.45) is 0 Å². The van der Waals surface area contributed by atoms with Crippen LogP contribution in [0.4, 0.5) is 0 Å². The van der Waals surface area contributed by atoms with Gasteiger partial charge in [0.25, 0.3) is 0 Å². The van der Waals surface area contributed by atoms with Crippen LogP contribution in [0.15, 0.2) is 6.07 Å². The van der Waals surface area contributed by atoms with Crippen LogP contribution < -0.4 is 147 Å². The molecule has 0 aliphatic carbocycles. The van der Waals surface area contributed by atoms with Gasteiger partial charge in [0.1, 0.15) is 212 Å². The van der Waals surface area contributed by atoms with Crippen molar-refractivity contribution in [2.45, 2.75) is 0 Å². The second-order valence-electron chi connectivity index (χ2n) is 22.9. The van der Waals surface area contributed by atoms with Crippen LogP contribution in [0.3, 0.4) is 0 Å². The number of benzene rings is 7. The molecule has 314 valence electrons. The molecule has 2 aromatic heterocycles. The monoisotopic (exact) mass is 885 g/mol. The molecule has 0 atom stereocenters. The van der Waals surface area contributed by atoms with Gasteiger partial charge >= 0.3 is 0 Å². The average Bonchev–Trinajstić information content (AvgIpc) is 3.88. The molecule has 2 nitrogen and oxygen atoms in total. The molecule has 0 saturated heterocycles. The molecule has 2 heterocycles. The molecule has 0 radical (unpaired) electrons. The first-order chi connectivity index (χ1) is 33.1. The second-order valence-corrected chi connectivity index (χ2v) is 22.9. The molecule has 29 heteroatoms. The Kier molecular flexibility index (Phi) is 12.8. The zero-order chi connectivity index (χ0) is 52.5. The number of nitrogens with zero attached hydrogens (tertiary/aromatic N) is 2. The Bertz CT molecular complexity index is 3930. The minimum absolute atomic E-state index is 1.32. The summed E-state index contributed by atoms with van der Waals surface area (Å²) in [4.78, 5) is 0. The molecule has 0 saturated carbocycles. The van der Waals surface area contributed by atoms with Gasteiger partial charge in [0.2, 0.25) is 0 Å². The van der Waals surface area contributed by atoms with Crippen LogP contribution in [0.1, 0.15) is 0 Å². The molecule has 71 heavy (non-hydrogen) atoms. The van der Waals surface area contributed by atoms with Crippen LogP contribution in [0.25, 0.3) is 77.2 Å². The minimum atomic E-state index is 1.32. The SMILES string of the molecule is Bc1c(B)c(B)c(-c2c(B)c(B)c(-n3c4c(B)c(B)c(B)c(B)c4c4c(B)c(-c5cc(B)c6c(c5B)c5c(B)c(B)c(B)c(B)c5n6-c5c(B)c(B)c(B)c(B)c5B)c(B)c(B)c43)c(B)c2B)c(B)c1B. The summed E-state index contributed by atoms with van der Waals surface area (Å²) < 4.78 is 5.43. The van der Waals surface area contributed by atoms with E-state index in [2.05, 4.69) is 227 Å². The normalized spacial score (nSPS) is 11.8. The van der Waals surface area contributed by atoms with Crippen molar-refractivity contribution in [1.29, 1.82) is 0 Å². The molecule has 9 rings (SSSR count). The van der Waals surface area contributed by atoms with Gasteiger partial charge in [-0.2, -0.15) is 0 Å². The lowest BCUT2D eigenvalue weighted by Crippen LogP contribution is -2.57. The van der Waals surface area contributed by atoms with E-state index < -0.39 is 0 Å². The molecular formula is C42H55B27N2. The van der Waals surface area contributed by atoms with Crippen molar-refractivity contribution in [3.8, 4) is 33.6 Å². The largest absolute Gasteiger partial charge is 0.312 e. The summed E-state index contributed by atoms with van der Waals surface area (Å²) in [7, 11) is 63.8. The lowest BCUT2D eigenvalue weighted by Gasteiger charge is -2.29. The van der Waals surface area contributed by atoms with Crippen LogP contribution in [0.5, 0.6) is 0 Å². The van der Waals surface area contributed by atoms with Gasteiger partial charge in [0.05, 0.1) is 0 Å². The molecule has 0 amide bonds. The lowest BCUT2D eigenvalue weighted by molar-refractivity contribution is 1.22. The highest BCUT2D eigenvalue weighted by Crippen LogP contribution is 2.32. The maximum absolute atomic E-state index is 2.74. The fourth-order valence-electron chi connectivity index (χ4n) is 14.0.